The molecule has 1 aromatic heterocycles. The highest BCUT2D eigenvalue weighted by molar-refractivity contribution is 7.91. The molecule has 0 amide bonds. The van der Waals surface area contributed by atoms with Gasteiger partial charge in [0.1, 0.15) is 4.75 Å². The van der Waals surface area contributed by atoms with Gasteiger partial charge >= 0.3 is 0 Å². The van der Waals surface area contributed by atoms with Crippen molar-refractivity contribution in [3.63, 3.8) is 0 Å². The molecule has 0 spiro atoms. The van der Waals surface area contributed by atoms with Gasteiger partial charge in [-0.15, -0.1) is 0 Å². The quantitative estimate of drug-likeness (QED) is 0.856. The second kappa shape index (κ2) is 4.61. The first-order valence-corrected chi connectivity index (χ1v) is 8.03. The van der Waals surface area contributed by atoms with Crippen LogP contribution in [0.1, 0.15) is 18.9 Å². The third kappa shape index (κ3) is 1.91. The molecule has 0 fully saturated rings. The van der Waals surface area contributed by atoms with Crippen LogP contribution in [0.25, 0.3) is 10.9 Å². The summed E-state index contributed by atoms with van der Waals surface area (Å²) in [5, 5.41) is 9.77. The minimum absolute atomic E-state index is 0.434. The van der Waals surface area contributed by atoms with Gasteiger partial charge < -0.3 is 0 Å². The largest absolute Gasteiger partial charge is 0.248 e. The van der Waals surface area contributed by atoms with Crippen molar-refractivity contribution in [2.24, 2.45) is 0 Å². The Balaban J connectivity index is 2.24. The molecule has 1 aromatic carbocycles. The fourth-order valence-corrected chi connectivity index (χ4v) is 4.22. The number of nitriles is 1. The molecule has 0 aliphatic heterocycles. The van der Waals surface area contributed by atoms with Crippen LogP contribution < -0.4 is 0 Å². The Morgan fingerprint density at radius 1 is 1.29 bits per heavy atom. The number of benzene rings is 1. The third-order valence-electron chi connectivity index (χ3n) is 3.88. The molecule has 3 rings (SSSR count). The monoisotopic (exact) mass is 298 g/mol. The molecule has 5 heteroatoms. The molecule has 1 aliphatic rings. The molecule has 21 heavy (non-hydrogen) atoms. The maximum Gasteiger partial charge on any atom is 0.248 e. The Hall–Kier alpha value is -2.32. The minimum atomic E-state index is -3.60. The number of hydrogen-bond donors (Lipinski definition) is 0. The summed E-state index contributed by atoms with van der Waals surface area (Å²) in [6.45, 7) is 1.71. The number of hydrogen-bond acceptors (Lipinski definition) is 3. The first-order chi connectivity index (χ1) is 9.99. The number of nitrogens with zero attached hydrogens (tertiary/aromatic N) is 2. The van der Waals surface area contributed by atoms with E-state index in [-0.39, 0.29) is 0 Å². The number of fused-ring (bicyclic) bond motifs is 1. The fraction of sp³-hybridized carbons (Fsp3) is 0.188. The summed E-state index contributed by atoms with van der Waals surface area (Å²) < 4.78 is 26.3. The van der Waals surface area contributed by atoms with Crippen LogP contribution in [0.5, 0.6) is 0 Å². The minimum Gasteiger partial charge on any atom is -0.244 e. The average molecular weight is 298 g/mol. The van der Waals surface area contributed by atoms with Gasteiger partial charge in [-0.2, -0.15) is 5.26 Å². The molecule has 2 aromatic rings. The second-order valence-electron chi connectivity index (χ2n) is 5.27. The zero-order valence-corrected chi connectivity index (χ0v) is 12.3. The Morgan fingerprint density at radius 3 is 2.76 bits per heavy atom. The summed E-state index contributed by atoms with van der Waals surface area (Å²) in [7, 11) is -3.60. The Labute approximate surface area is 123 Å². The van der Waals surface area contributed by atoms with Crippen LogP contribution in [0, 0.1) is 11.3 Å². The van der Waals surface area contributed by atoms with E-state index in [1.165, 1.54) is 10.2 Å². The lowest BCUT2D eigenvalue weighted by molar-refractivity contribution is 0.555. The molecule has 1 heterocycles. The number of rotatable bonds is 2. The molecule has 0 N–H and O–H groups in total. The predicted molar refractivity (Wildman–Crippen MR) is 82.3 cm³/mol. The lowest BCUT2D eigenvalue weighted by Gasteiger charge is -2.27. The molecule has 0 bridgehead atoms. The Bertz CT molecular complexity index is 913. The third-order valence-corrected chi connectivity index (χ3v) is 6.20. The van der Waals surface area contributed by atoms with E-state index >= 15 is 0 Å². The van der Waals surface area contributed by atoms with Crippen molar-refractivity contribution in [3.05, 3.63) is 60.3 Å². The first-order valence-electron chi connectivity index (χ1n) is 6.59. The van der Waals surface area contributed by atoms with E-state index in [4.69, 9.17) is 5.26 Å². The van der Waals surface area contributed by atoms with Gasteiger partial charge in [-0.3, -0.25) is 0 Å². The van der Waals surface area contributed by atoms with Gasteiger partial charge in [0.05, 0.1) is 17.1 Å². The normalized spacial score (nSPS) is 21.5. The highest BCUT2D eigenvalue weighted by Crippen LogP contribution is 2.31. The average Bonchev–Trinajstić information content (AvgIpc) is 2.92. The van der Waals surface area contributed by atoms with E-state index in [0.29, 0.717) is 22.9 Å². The predicted octanol–water partition coefficient (Wildman–Crippen LogP) is 2.97. The summed E-state index contributed by atoms with van der Waals surface area (Å²) in [5.41, 5.74) is 1.02. The van der Waals surface area contributed by atoms with E-state index in [1.54, 1.807) is 43.3 Å². The summed E-state index contributed by atoms with van der Waals surface area (Å²) >= 11 is 0. The van der Waals surface area contributed by atoms with Gasteiger partial charge in [-0.05, 0) is 31.5 Å². The van der Waals surface area contributed by atoms with Crippen LogP contribution in [-0.2, 0) is 10.0 Å². The van der Waals surface area contributed by atoms with E-state index in [2.05, 4.69) is 6.07 Å². The molecule has 0 saturated carbocycles. The Kier molecular flexibility index (Phi) is 2.99. The van der Waals surface area contributed by atoms with Crippen molar-refractivity contribution in [1.29, 1.82) is 5.26 Å². The van der Waals surface area contributed by atoms with Crippen molar-refractivity contribution in [2.45, 2.75) is 18.1 Å². The summed E-state index contributed by atoms with van der Waals surface area (Å²) in [6, 6.07) is 8.87. The van der Waals surface area contributed by atoms with Gasteiger partial charge in [-0.1, -0.05) is 30.4 Å². The van der Waals surface area contributed by atoms with Crippen LogP contribution >= 0.6 is 0 Å². The zero-order chi connectivity index (χ0) is 15.1. The van der Waals surface area contributed by atoms with E-state index < -0.39 is 14.8 Å². The highest BCUT2D eigenvalue weighted by atomic mass is 32.2. The molecular weight excluding hydrogens is 284 g/mol. The SMILES string of the molecule is CC1(S(=O)(=O)n2ccc3c(C#N)cccc32)C=CC=CC1. The fourth-order valence-electron chi connectivity index (χ4n) is 2.57. The van der Waals surface area contributed by atoms with E-state index in [1.807, 2.05) is 12.2 Å². The van der Waals surface area contributed by atoms with Crippen molar-refractivity contribution >= 4 is 20.9 Å². The van der Waals surface area contributed by atoms with Crippen LogP contribution in [0.15, 0.2) is 54.8 Å². The van der Waals surface area contributed by atoms with Gasteiger partial charge in [0, 0.05) is 11.6 Å². The van der Waals surface area contributed by atoms with Crippen LogP contribution in [-0.4, -0.2) is 17.1 Å². The second-order valence-corrected chi connectivity index (χ2v) is 7.55. The lowest BCUT2D eigenvalue weighted by Crippen LogP contribution is -2.37. The molecule has 106 valence electrons. The lowest BCUT2D eigenvalue weighted by atomic mass is 10.0. The molecular formula is C16H14N2O2S. The van der Waals surface area contributed by atoms with E-state index in [9.17, 15) is 8.42 Å². The maximum absolute atomic E-state index is 13.0. The molecule has 0 radical (unpaired) electrons. The zero-order valence-electron chi connectivity index (χ0n) is 11.5. The van der Waals surface area contributed by atoms with Crippen molar-refractivity contribution in [3.8, 4) is 6.07 Å². The molecule has 4 nitrogen and oxygen atoms in total. The van der Waals surface area contributed by atoms with E-state index in [0.717, 1.165) is 0 Å². The van der Waals surface area contributed by atoms with Crippen molar-refractivity contribution in [2.75, 3.05) is 0 Å². The number of aromatic nitrogens is 1. The summed E-state index contributed by atoms with van der Waals surface area (Å²) in [4.78, 5) is 0. The van der Waals surface area contributed by atoms with Gasteiger partial charge in [0.2, 0.25) is 10.0 Å². The summed E-state index contributed by atoms with van der Waals surface area (Å²) in [5.74, 6) is 0. The van der Waals surface area contributed by atoms with Crippen molar-refractivity contribution < 1.29 is 8.42 Å². The van der Waals surface area contributed by atoms with Crippen LogP contribution in [0.4, 0.5) is 0 Å². The van der Waals surface area contributed by atoms with Crippen LogP contribution in [0.3, 0.4) is 0 Å². The standard InChI is InChI=1S/C16H14N2O2S/c1-16(9-3-2-4-10-16)21(19,20)18-11-8-14-13(12-17)6-5-7-15(14)18/h2-9,11H,10H2,1H3. The maximum atomic E-state index is 13.0. The van der Waals surface area contributed by atoms with Gasteiger partial charge in [0.15, 0.2) is 0 Å². The highest BCUT2D eigenvalue weighted by Gasteiger charge is 2.38. The molecule has 0 saturated heterocycles. The molecule has 1 atom stereocenters. The van der Waals surface area contributed by atoms with Crippen molar-refractivity contribution in [1.82, 2.24) is 3.97 Å². The Morgan fingerprint density at radius 2 is 2.10 bits per heavy atom. The first kappa shape index (κ1) is 13.7. The summed E-state index contributed by atoms with van der Waals surface area (Å²) in [6.07, 6.45) is 9.13. The molecule has 1 unspecified atom stereocenters. The molecule has 1 aliphatic carbocycles. The van der Waals surface area contributed by atoms with Crippen LogP contribution in [0.2, 0.25) is 0 Å². The topological polar surface area (TPSA) is 62.9 Å². The number of allylic oxidation sites excluding steroid dienone is 3. The van der Waals surface area contributed by atoms with Gasteiger partial charge in [-0.25, -0.2) is 12.4 Å². The van der Waals surface area contributed by atoms with Gasteiger partial charge in [0.25, 0.3) is 0 Å². The smallest absolute Gasteiger partial charge is 0.244 e.